The molecule has 0 radical (unpaired) electrons. The molecule has 1 heteroatoms. The van der Waals surface area contributed by atoms with Crippen LogP contribution in [0.15, 0.2) is 17.1 Å². The van der Waals surface area contributed by atoms with Crippen LogP contribution in [-0.2, 0) is 0 Å². The van der Waals surface area contributed by atoms with Gasteiger partial charge in [0, 0.05) is 0 Å². The lowest BCUT2D eigenvalue weighted by molar-refractivity contribution is 1.02. The van der Waals surface area contributed by atoms with E-state index in [1.807, 2.05) is 0 Å². The van der Waals surface area contributed by atoms with Gasteiger partial charge in [0.2, 0.25) is 0 Å². The second kappa shape index (κ2) is 3.59. The topological polar surface area (TPSA) is 12.4 Å². The molecular weight excluding hydrogens is 86.1 g/mol. The Kier molecular flexibility index (Phi) is 3.29. The van der Waals surface area contributed by atoms with Gasteiger partial charge in [-0.05, 0) is 13.1 Å². The van der Waals surface area contributed by atoms with Crippen LogP contribution in [0.3, 0.4) is 0 Å². The molecule has 0 N–H and O–H groups in total. The molecule has 0 aromatic rings. The summed E-state index contributed by atoms with van der Waals surface area (Å²) in [6.07, 6.45) is 1.01. The first-order valence-electron chi connectivity index (χ1n) is 2.40. The molecule has 0 amide bonds. The number of hydrogen-bond donors (Lipinski definition) is 0. The van der Waals surface area contributed by atoms with Gasteiger partial charge < -0.3 is 0 Å². The molecule has 0 fully saturated rings. The Balaban J connectivity index is 3.17. The molecule has 0 spiro atoms. The van der Waals surface area contributed by atoms with Crippen molar-refractivity contribution in [1.82, 2.24) is 0 Å². The first-order chi connectivity index (χ1) is 3.31. The molecule has 0 atom stereocenters. The van der Waals surface area contributed by atoms with E-state index in [2.05, 4.69) is 25.2 Å². The van der Waals surface area contributed by atoms with Crippen molar-refractivity contribution in [2.45, 2.75) is 13.3 Å². The third-order valence-electron chi connectivity index (χ3n) is 0.835. The highest BCUT2D eigenvalue weighted by Gasteiger charge is 1.81. The molecule has 0 rings (SSSR count). The summed E-state index contributed by atoms with van der Waals surface area (Å²) in [5.74, 6) is 0. The van der Waals surface area contributed by atoms with Crippen LogP contribution in [-0.4, -0.2) is 13.3 Å². The summed E-state index contributed by atoms with van der Waals surface area (Å²) in [4.78, 5) is 3.66. The van der Waals surface area contributed by atoms with E-state index < -0.39 is 0 Å². The average Bonchev–Trinajstić information content (AvgIpc) is 1.68. The largest absolute Gasteiger partial charge is 0.297 e. The predicted octanol–water partition coefficient (Wildman–Crippen LogP) is 1.65. The zero-order valence-electron chi connectivity index (χ0n) is 4.78. The van der Waals surface area contributed by atoms with Crippen molar-refractivity contribution in [3.8, 4) is 0 Å². The third kappa shape index (κ3) is 3.23. The van der Waals surface area contributed by atoms with Crippen molar-refractivity contribution in [1.29, 1.82) is 0 Å². The van der Waals surface area contributed by atoms with Crippen molar-refractivity contribution < 1.29 is 0 Å². The van der Waals surface area contributed by atoms with E-state index >= 15 is 0 Å². The van der Waals surface area contributed by atoms with Crippen molar-refractivity contribution in [2.24, 2.45) is 4.99 Å². The standard InChI is InChI=1S/C6H11N/c1-4-6(2)5-7-3/h2-5H2,1H3. The molecule has 40 valence electrons. The third-order valence-corrected chi connectivity index (χ3v) is 0.835. The van der Waals surface area contributed by atoms with Gasteiger partial charge >= 0.3 is 0 Å². The molecule has 0 saturated heterocycles. The Morgan fingerprint density at radius 2 is 2.29 bits per heavy atom. The first-order valence-corrected chi connectivity index (χ1v) is 2.40. The van der Waals surface area contributed by atoms with Crippen molar-refractivity contribution in [3.63, 3.8) is 0 Å². The van der Waals surface area contributed by atoms with Gasteiger partial charge in [0.1, 0.15) is 0 Å². The molecule has 0 aromatic heterocycles. The number of aliphatic imine (C=N–C) groups is 1. The van der Waals surface area contributed by atoms with Crippen molar-refractivity contribution in [3.05, 3.63) is 12.2 Å². The monoisotopic (exact) mass is 97.1 g/mol. The fraction of sp³-hybridized carbons (Fsp3) is 0.500. The summed E-state index contributed by atoms with van der Waals surface area (Å²) >= 11 is 0. The summed E-state index contributed by atoms with van der Waals surface area (Å²) < 4.78 is 0. The maximum atomic E-state index is 3.73. The molecule has 0 aliphatic rings. The average molecular weight is 97.2 g/mol. The Morgan fingerprint density at radius 1 is 1.71 bits per heavy atom. The van der Waals surface area contributed by atoms with Gasteiger partial charge in [0.05, 0.1) is 6.54 Å². The number of rotatable bonds is 3. The quantitative estimate of drug-likeness (QED) is 0.375. The lowest BCUT2D eigenvalue weighted by Crippen LogP contribution is -1.80. The molecule has 7 heavy (non-hydrogen) atoms. The van der Waals surface area contributed by atoms with Gasteiger partial charge in [-0.2, -0.15) is 0 Å². The molecule has 0 bridgehead atoms. The van der Waals surface area contributed by atoms with E-state index in [1.165, 1.54) is 0 Å². The maximum absolute atomic E-state index is 3.73. The molecule has 0 heterocycles. The fourth-order valence-electron chi connectivity index (χ4n) is 0.270. The second-order valence-electron chi connectivity index (χ2n) is 1.49. The van der Waals surface area contributed by atoms with Crippen LogP contribution in [0.1, 0.15) is 13.3 Å². The van der Waals surface area contributed by atoms with Crippen LogP contribution < -0.4 is 0 Å². The maximum Gasteiger partial charge on any atom is 0.0589 e. The summed E-state index contributed by atoms with van der Waals surface area (Å²) in [6, 6.07) is 0. The lowest BCUT2D eigenvalue weighted by Gasteiger charge is -1.90. The van der Waals surface area contributed by atoms with Crippen LogP contribution in [0.4, 0.5) is 0 Å². The molecular formula is C6H11N. The Hall–Kier alpha value is -0.590. The van der Waals surface area contributed by atoms with Crippen LogP contribution in [0.5, 0.6) is 0 Å². The second-order valence-corrected chi connectivity index (χ2v) is 1.49. The van der Waals surface area contributed by atoms with E-state index in [-0.39, 0.29) is 0 Å². The van der Waals surface area contributed by atoms with Crippen molar-refractivity contribution >= 4 is 6.72 Å². The minimum atomic E-state index is 0.719. The number of hydrogen-bond acceptors (Lipinski definition) is 1. The van der Waals surface area contributed by atoms with E-state index in [0.717, 1.165) is 18.5 Å². The summed E-state index contributed by atoms with van der Waals surface area (Å²) in [7, 11) is 0. The zero-order chi connectivity index (χ0) is 5.70. The van der Waals surface area contributed by atoms with E-state index in [4.69, 9.17) is 0 Å². The van der Waals surface area contributed by atoms with E-state index in [0.29, 0.717) is 0 Å². The van der Waals surface area contributed by atoms with Crippen LogP contribution in [0.2, 0.25) is 0 Å². The van der Waals surface area contributed by atoms with Gasteiger partial charge in [0.15, 0.2) is 0 Å². The smallest absolute Gasteiger partial charge is 0.0589 e. The van der Waals surface area contributed by atoms with Crippen LogP contribution in [0, 0.1) is 0 Å². The number of nitrogens with zero attached hydrogens (tertiary/aromatic N) is 1. The molecule has 0 aliphatic carbocycles. The minimum Gasteiger partial charge on any atom is -0.297 e. The minimum absolute atomic E-state index is 0.719. The van der Waals surface area contributed by atoms with Crippen LogP contribution in [0.25, 0.3) is 0 Å². The predicted molar refractivity (Wildman–Crippen MR) is 33.8 cm³/mol. The molecule has 0 unspecified atom stereocenters. The molecule has 0 saturated carbocycles. The highest BCUT2D eigenvalue weighted by molar-refractivity contribution is 5.24. The summed E-state index contributed by atoms with van der Waals surface area (Å²) in [6.45, 7) is 9.85. The fourth-order valence-corrected chi connectivity index (χ4v) is 0.270. The SMILES string of the molecule is C=NCC(=C)CC. The first kappa shape index (κ1) is 6.41. The highest BCUT2D eigenvalue weighted by atomic mass is 14.7. The Morgan fingerprint density at radius 3 is 2.43 bits per heavy atom. The molecule has 0 aromatic carbocycles. The van der Waals surface area contributed by atoms with Gasteiger partial charge in [-0.25, -0.2) is 0 Å². The van der Waals surface area contributed by atoms with Gasteiger partial charge in [-0.1, -0.05) is 19.1 Å². The summed E-state index contributed by atoms with van der Waals surface area (Å²) in [5.41, 5.74) is 1.15. The van der Waals surface area contributed by atoms with Crippen LogP contribution >= 0.6 is 0 Å². The van der Waals surface area contributed by atoms with E-state index in [1.54, 1.807) is 0 Å². The van der Waals surface area contributed by atoms with Gasteiger partial charge in [-0.15, -0.1) is 0 Å². The molecule has 1 nitrogen and oxygen atoms in total. The van der Waals surface area contributed by atoms with Crippen molar-refractivity contribution in [2.75, 3.05) is 6.54 Å². The normalized spacial score (nSPS) is 8.14. The molecule has 0 aliphatic heterocycles. The summed E-state index contributed by atoms with van der Waals surface area (Å²) in [5, 5.41) is 0. The highest BCUT2D eigenvalue weighted by Crippen LogP contribution is 1.93. The Labute approximate surface area is 44.8 Å². The van der Waals surface area contributed by atoms with E-state index in [9.17, 15) is 0 Å². The zero-order valence-corrected chi connectivity index (χ0v) is 4.78. The lowest BCUT2D eigenvalue weighted by atomic mass is 10.2. The van der Waals surface area contributed by atoms with Gasteiger partial charge in [0.25, 0.3) is 0 Å². The van der Waals surface area contributed by atoms with Gasteiger partial charge in [-0.3, -0.25) is 4.99 Å². The Bertz CT molecular complexity index is 74.2.